The van der Waals surface area contributed by atoms with Gasteiger partial charge in [-0.3, -0.25) is 4.79 Å². The van der Waals surface area contributed by atoms with Crippen LogP contribution in [0, 0.1) is 12.8 Å². The summed E-state index contributed by atoms with van der Waals surface area (Å²) < 4.78 is 5.46. The highest BCUT2D eigenvalue weighted by atomic mass is 16.3. The Kier molecular flexibility index (Phi) is 2.76. The fourth-order valence-electron chi connectivity index (χ4n) is 2.00. The van der Waals surface area contributed by atoms with E-state index in [0.717, 1.165) is 29.8 Å². The molecule has 1 aromatic carbocycles. The quantitative estimate of drug-likeness (QED) is 0.845. The number of fused-ring (bicyclic) bond motifs is 1. The fourth-order valence-corrected chi connectivity index (χ4v) is 2.00. The molecular formula is C13H15N3O2. The standard InChI is InChI=1S/C13H15N3O2/c1-8-16-11-3-2-9(4-12(11)18-8)5-15-13(17)10-6-14-7-10/h2-4,10,14H,5-7H2,1H3,(H,15,17). The van der Waals surface area contributed by atoms with E-state index in [1.54, 1.807) is 0 Å². The summed E-state index contributed by atoms with van der Waals surface area (Å²) in [6.07, 6.45) is 0. The van der Waals surface area contributed by atoms with Crippen LogP contribution in [-0.2, 0) is 11.3 Å². The third-order valence-corrected chi connectivity index (χ3v) is 3.18. The minimum absolute atomic E-state index is 0.114. The number of benzene rings is 1. The number of aryl methyl sites for hydroxylation is 1. The predicted molar refractivity (Wildman–Crippen MR) is 67.0 cm³/mol. The zero-order chi connectivity index (χ0) is 12.5. The molecule has 2 heterocycles. The lowest BCUT2D eigenvalue weighted by Crippen LogP contribution is -2.50. The molecule has 2 aromatic rings. The largest absolute Gasteiger partial charge is 0.441 e. The number of carbonyl (C=O) groups is 1. The van der Waals surface area contributed by atoms with E-state index in [4.69, 9.17) is 4.42 Å². The van der Waals surface area contributed by atoms with Crippen LogP contribution in [0.25, 0.3) is 11.1 Å². The minimum atomic E-state index is 0.114. The molecule has 0 bridgehead atoms. The molecule has 5 heteroatoms. The Labute approximate surface area is 105 Å². The van der Waals surface area contributed by atoms with Gasteiger partial charge in [0.05, 0.1) is 5.92 Å². The van der Waals surface area contributed by atoms with Crippen LogP contribution in [0.4, 0.5) is 0 Å². The van der Waals surface area contributed by atoms with Crippen molar-refractivity contribution >= 4 is 17.0 Å². The number of nitrogens with one attached hydrogen (secondary N) is 2. The highest BCUT2D eigenvalue weighted by Gasteiger charge is 2.24. The molecule has 0 atom stereocenters. The Morgan fingerprint density at radius 1 is 1.56 bits per heavy atom. The topological polar surface area (TPSA) is 67.2 Å². The highest BCUT2D eigenvalue weighted by Crippen LogP contribution is 2.16. The summed E-state index contributed by atoms with van der Waals surface area (Å²) in [6.45, 7) is 3.92. The monoisotopic (exact) mass is 245 g/mol. The lowest BCUT2D eigenvalue weighted by Gasteiger charge is -2.25. The molecule has 0 radical (unpaired) electrons. The Hall–Kier alpha value is -1.88. The van der Waals surface area contributed by atoms with Gasteiger partial charge in [0.15, 0.2) is 11.5 Å². The Balaban J connectivity index is 1.68. The van der Waals surface area contributed by atoms with Gasteiger partial charge in [-0.2, -0.15) is 0 Å². The van der Waals surface area contributed by atoms with Crippen LogP contribution in [0.2, 0.25) is 0 Å². The molecule has 1 aliphatic heterocycles. The van der Waals surface area contributed by atoms with E-state index in [9.17, 15) is 4.79 Å². The molecule has 0 unspecified atom stereocenters. The zero-order valence-electron chi connectivity index (χ0n) is 10.2. The first kappa shape index (κ1) is 11.2. The second-order valence-corrected chi connectivity index (χ2v) is 4.61. The summed E-state index contributed by atoms with van der Waals surface area (Å²) >= 11 is 0. The van der Waals surface area contributed by atoms with Gasteiger partial charge < -0.3 is 15.1 Å². The molecule has 1 aliphatic rings. The molecule has 5 nitrogen and oxygen atoms in total. The lowest BCUT2D eigenvalue weighted by molar-refractivity contribution is -0.126. The van der Waals surface area contributed by atoms with E-state index in [1.165, 1.54) is 0 Å². The molecule has 94 valence electrons. The van der Waals surface area contributed by atoms with Gasteiger partial charge >= 0.3 is 0 Å². The van der Waals surface area contributed by atoms with Crippen LogP contribution < -0.4 is 10.6 Å². The maximum absolute atomic E-state index is 11.7. The molecule has 1 aromatic heterocycles. The van der Waals surface area contributed by atoms with E-state index >= 15 is 0 Å². The predicted octanol–water partition coefficient (Wildman–Crippen LogP) is 0.972. The average molecular weight is 245 g/mol. The first-order valence-corrected chi connectivity index (χ1v) is 6.07. The van der Waals surface area contributed by atoms with E-state index in [2.05, 4.69) is 15.6 Å². The smallest absolute Gasteiger partial charge is 0.225 e. The third kappa shape index (κ3) is 2.09. The van der Waals surface area contributed by atoms with Crippen molar-refractivity contribution < 1.29 is 9.21 Å². The SMILES string of the molecule is Cc1nc2ccc(CNC(=O)C3CNC3)cc2o1. The maximum Gasteiger partial charge on any atom is 0.225 e. The Morgan fingerprint density at radius 3 is 3.11 bits per heavy atom. The van der Waals surface area contributed by atoms with Crippen LogP contribution in [0.5, 0.6) is 0 Å². The summed E-state index contributed by atoms with van der Waals surface area (Å²) in [6, 6.07) is 5.80. The molecule has 2 N–H and O–H groups in total. The van der Waals surface area contributed by atoms with E-state index in [0.29, 0.717) is 12.4 Å². The average Bonchev–Trinajstić information content (AvgIpc) is 2.63. The van der Waals surface area contributed by atoms with Gasteiger partial charge in [0.2, 0.25) is 5.91 Å². The number of aromatic nitrogens is 1. The summed E-state index contributed by atoms with van der Waals surface area (Å²) in [5.41, 5.74) is 2.65. The minimum Gasteiger partial charge on any atom is -0.441 e. The summed E-state index contributed by atoms with van der Waals surface area (Å²) in [7, 11) is 0. The van der Waals surface area contributed by atoms with Crippen LogP contribution in [0.15, 0.2) is 22.6 Å². The Morgan fingerprint density at radius 2 is 2.39 bits per heavy atom. The summed E-state index contributed by atoms with van der Waals surface area (Å²) in [5, 5.41) is 6.01. The molecule has 0 spiro atoms. The number of amides is 1. The van der Waals surface area contributed by atoms with Crippen LogP contribution in [-0.4, -0.2) is 24.0 Å². The first-order chi connectivity index (χ1) is 8.72. The van der Waals surface area contributed by atoms with Gasteiger partial charge in [-0.15, -0.1) is 0 Å². The molecule has 0 saturated carbocycles. The van der Waals surface area contributed by atoms with Gasteiger partial charge in [-0.1, -0.05) is 6.07 Å². The number of rotatable bonds is 3. The van der Waals surface area contributed by atoms with E-state index in [1.807, 2.05) is 25.1 Å². The van der Waals surface area contributed by atoms with Crippen LogP contribution >= 0.6 is 0 Å². The fraction of sp³-hybridized carbons (Fsp3) is 0.385. The van der Waals surface area contributed by atoms with Crippen molar-refractivity contribution in [2.24, 2.45) is 5.92 Å². The second kappa shape index (κ2) is 4.42. The van der Waals surface area contributed by atoms with Gasteiger partial charge in [0.1, 0.15) is 5.52 Å². The molecule has 1 amide bonds. The van der Waals surface area contributed by atoms with Crippen molar-refractivity contribution in [3.05, 3.63) is 29.7 Å². The number of oxazole rings is 1. The number of carbonyl (C=O) groups excluding carboxylic acids is 1. The van der Waals surface area contributed by atoms with Crippen molar-refractivity contribution in [3.63, 3.8) is 0 Å². The van der Waals surface area contributed by atoms with E-state index in [-0.39, 0.29) is 11.8 Å². The molecule has 0 aliphatic carbocycles. The second-order valence-electron chi connectivity index (χ2n) is 4.61. The van der Waals surface area contributed by atoms with Gasteiger partial charge in [0, 0.05) is 26.6 Å². The molecule has 18 heavy (non-hydrogen) atoms. The van der Waals surface area contributed by atoms with Crippen LogP contribution in [0.1, 0.15) is 11.5 Å². The summed E-state index contributed by atoms with van der Waals surface area (Å²) in [4.78, 5) is 15.9. The zero-order valence-corrected chi connectivity index (χ0v) is 10.2. The molecule has 1 fully saturated rings. The van der Waals surface area contributed by atoms with Crippen LogP contribution in [0.3, 0.4) is 0 Å². The van der Waals surface area contributed by atoms with E-state index < -0.39 is 0 Å². The highest BCUT2D eigenvalue weighted by molar-refractivity contribution is 5.80. The third-order valence-electron chi connectivity index (χ3n) is 3.18. The summed E-state index contributed by atoms with van der Waals surface area (Å²) in [5.74, 6) is 0.899. The number of nitrogens with zero attached hydrogens (tertiary/aromatic N) is 1. The first-order valence-electron chi connectivity index (χ1n) is 6.07. The Bertz CT molecular complexity index is 587. The number of hydrogen-bond donors (Lipinski definition) is 2. The van der Waals surface area contributed by atoms with Crippen molar-refractivity contribution in [2.45, 2.75) is 13.5 Å². The van der Waals surface area contributed by atoms with Crippen molar-refractivity contribution in [1.29, 1.82) is 0 Å². The molecule has 3 rings (SSSR count). The van der Waals surface area contributed by atoms with Gasteiger partial charge in [0.25, 0.3) is 0 Å². The van der Waals surface area contributed by atoms with Gasteiger partial charge in [-0.05, 0) is 17.7 Å². The normalized spacial score (nSPS) is 15.6. The van der Waals surface area contributed by atoms with Crippen molar-refractivity contribution in [3.8, 4) is 0 Å². The molecular weight excluding hydrogens is 230 g/mol. The van der Waals surface area contributed by atoms with Gasteiger partial charge in [-0.25, -0.2) is 4.98 Å². The van der Waals surface area contributed by atoms with Crippen molar-refractivity contribution in [1.82, 2.24) is 15.6 Å². The maximum atomic E-state index is 11.7. The van der Waals surface area contributed by atoms with Crippen molar-refractivity contribution in [2.75, 3.05) is 13.1 Å². The number of hydrogen-bond acceptors (Lipinski definition) is 4. The lowest BCUT2D eigenvalue weighted by atomic mass is 10.0. The molecule has 1 saturated heterocycles.